The topological polar surface area (TPSA) is 93.2 Å². The molecule has 0 N–H and O–H groups in total. The number of likely N-dealkylation sites (tertiary alicyclic amines) is 2. The molecule has 2 fully saturated rings. The smallest absolute Gasteiger partial charge is 0.307 e. The van der Waals surface area contributed by atoms with Crippen LogP contribution in [0.25, 0.3) is 0 Å². The van der Waals surface area contributed by atoms with Gasteiger partial charge in [-0.2, -0.15) is 8.42 Å². The molecule has 2 amide bonds. The fourth-order valence-electron chi connectivity index (χ4n) is 3.87. The average Bonchev–Trinajstić information content (AvgIpc) is 3.32. The molecule has 8 nitrogen and oxygen atoms in total. The van der Waals surface area contributed by atoms with E-state index in [1.807, 2.05) is 12.1 Å². The lowest BCUT2D eigenvalue weighted by atomic mass is 10.1. The first-order valence-corrected chi connectivity index (χ1v) is 10.9. The molecule has 2 saturated heterocycles. The van der Waals surface area contributed by atoms with Crippen LogP contribution in [0.2, 0.25) is 0 Å². The van der Waals surface area contributed by atoms with Gasteiger partial charge in [-0.05, 0) is 30.5 Å². The fourth-order valence-corrected chi connectivity index (χ4v) is 4.62. The quantitative estimate of drug-likeness (QED) is 0.602. The maximum Gasteiger partial charge on any atom is 0.307 e. The number of hydrogen-bond acceptors (Lipinski definition) is 6. The largest absolute Gasteiger partial charge is 0.493 e. The number of benzene rings is 1. The number of methoxy groups -OCH3 is 2. The van der Waals surface area contributed by atoms with E-state index >= 15 is 0 Å². The molecule has 0 radical (unpaired) electrons. The standard InChI is InChI=1S/C19H25FN2O6S/c1-27-16-4-3-13(9-17(16)28-2)5-7-21-11-14(10-18(21)23)19(24)22-8-6-15(12-22)29(20,25)26/h3-4,9,14-15H,5-8,10-12H2,1-2H3. The molecule has 0 bridgehead atoms. The Balaban J connectivity index is 1.56. The van der Waals surface area contributed by atoms with E-state index in [-0.39, 0.29) is 44.3 Å². The van der Waals surface area contributed by atoms with Crippen molar-refractivity contribution in [2.75, 3.05) is 40.4 Å². The van der Waals surface area contributed by atoms with E-state index in [1.54, 1.807) is 25.2 Å². The van der Waals surface area contributed by atoms with Gasteiger partial charge in [0.15, 0.2) is 11.5 Å². The highest BCUT2D eigenvalue weighted by molar-refractivity contribution is 7.87. The van der Waals surface area contributed by atoms with E-state index in [9.17, 15) is 21.9 Å². The van der Waals surface area contributed by atoms with E-state index < -0.39 is 21.4 Å². The molecule has 2 heterocycles. The number of amides is 2. The van der Waals surface area contributed by atoms with Crippen LogP contribution < -0.4 is 9.47 Å². The third kappa shape index (κ3) is 4.80. The molecule has 29 heavy (non-hydrogen) atoms. The Hall–Kier alpha value is -2.36. The molecule has 2 aliphatic heterocycles. The van der Waals surface area contributed by atoms with Crippen LogP contribution in [0.4, 0.5) is 3.89 Å². The van der Waals surface area contributed by atoms with Crippen molar-refractivity contribution in [2.45, 2.75) is 24.5 Å². The van der Waals surface area contributed by atoms with Crippen LogP contribution in [-0.2, 0) is 26.2 Å². The minimum Gasteiger partial charge on any atom is -0.493 e. The highest BCUT2D eigenvalue weighted by Crippen LogP contribution is 2.29. The summed E-state index contributed by atoms with van der Waals surface area (Å²) in [5.74, 6) is 0.320. The Morgan fingerprint density at radius 3 is 2.55 bits per heavy atom. The molecule has 160 valence electrons. The van der Waals surface area contributed by atoms with Crippen molar-refractivity contribution < 1.29 is 31.4 Å². The second kappa shape index (κ2) is 8.56. The minimum atomic E-state index is -4.65. The molecule has 3 rings (SSSR count). The zero-order chi connectivity index (χ0) is 21.2. The molecule has 1 aromatic rings. The molecule has 10 heteroatoms. The average molecular weight is 428 g/mol. The Morgan fingerprint density at radius 1 is 1.21 bits per heavy atom. The van der Waals surface area contributed by atoms with Gasteiger partial charge in [-0.25, -0.2) is 0 Å². The Kier molecular flexibility index (Phi) is 6.30. The molecule has 0 aliphatic carbocycles. The van der Waals surface area contributed by atoms with Crippen LogP contribution in [0.5, 0.6) is 11.5 Å². The molecule has 2 unspecified atom stereocenters. The van der Waals surface area contributed by atoms with Gasteiger partial charge in [0, 0.05) is 32.6 Å². The predicted octanol–water partition coefficient (Wildman–Crippen LogP) is 0.995. The van der Waals surface area contributed by atoms with Crippen molar-refractivity contribution in [2.24, 2.45) is 5.92 Å². The van der Waals surface area contributed by atoms with Crippen molar-refractivity contribution >= 4 is 22.0 Å². The van der Waals surface area contributed by atoms with Gasteiger partial charge in [-0.3, -0.25) is 9.59 Å². The van der Waals surface area contributed by atoms with Gasteiger partial charge < -0.3 is 19.3 Å². The van der Waals surface area contributed by atoms with E-state index in [2.05, 4.69) is 0 Å². The highest BCUT2D eigenvalue weighted by atomic mass is 32.3. The Bertz CT molecular complexity index is 891. The zero-order valence-corrected chi connectivity index (χ0v) is 17.3. The summed E-state index contributed by atoms with van der Waals surface area (Å²) in [6, 6.07) is 5.55. The summed E-state index contributed by atoms with van der Waals surface area (Å²) in [4.78, 5) is 28.0. The number of carbonyl (C=O) groups excluding carboxylic acids is 2. The summed E-state index contributed by atoms with van der Waals surface area (Å²) in [6.07, 6.45) is 0.779. The monoisotopic (exact) mass is 428 g/mol. The number of nitrogens with zero attached hydrogens (tertiary/aromatic N) is 2. The minimum absolute atomic E-state index is 0.0915. The van der Waals surface area contributed by atoms with Crippen molar-refractivity contribution in [1.82, 2.24) is 9.80 Å². The first kappa shape index (κ1) is 21.4. The molecule has 0 spiro atoms. The van der Waals surface area contributed by atoms with Gasteiger partial charge in [-0.1, -0.05) is 6.07 Å². The van der Waals surface area contributed by atoms with Gasteiger partial charge in [0.2, 0.25) is 11.8 Å². The van der Waals surface area contributed by atoms with Crippen LogP contribution in [0.3, 0.4) is 0 Å². The molecular weight excluding hydrogens is 403 g/mol. The van der Waals surface area contributed by atoms with E-state index in [4.69, 9.17) is 9.47 Å². The van der Waals surface area contributed by atoms with Gasteiger partial charge in [0.1, 0.15) is 5.25 Å². The summed E-state index contributed by atoms with van der Waals surface area (Å²) < 4.78 is 45.7. The fraction of sp³-hybridized carbons (Fsp3) is 0.579. The van der Waals surface area contributed by atoms with Gasteiger partial charge in [-0.15, -0.1) is 3.89 Å². The third-order valence-electron chi connectivity index (χ3n) is 5.54. The number of hydrogen-bond donors (Lipinski definition) is 0. The summed E-state index contributed by atoms with van der Waals surface area (Å²) in [7, 11) is -1.54. The first-order chi connectivity index (χ1) is 13.7. The Labute approximate surface area is 169 Å². The van der Waals surface area contributed by atoms with Crippen molar-refractivity contribution in [1.29, 1.82) is 0 Å². The molecule has 0 aromatic heterocycles. The van der Waals surface area contributed by atoms with Gasteiger partial charge in [0.05, 0.1) is 20.1 Å². The second-order valence-corrected chi connectivity index (χ2v) is 8.97. The third-order valence-corrected chi connectivity index (χ3v) is 6.72. The number of ether oxygens (including phenoxy) is 2. The van der Waals surface area contributed by atoms with Gasteiger partial charge in [0.25, 0.3) is 0 Å². The van der Waals surface area contributed by atoms with E-state index in [0.29, 0.717) is 24.5 Å². The lowest BCUT2D eigenvalue weighted by Crippen LogP contribution is -2.37. The lowest BCUT2D eigenvalue weighted by molar-refractivity contribution is -0.134. The molecule has 2 aliphatic rings. The normalized spacial score (nSPS) is 22.2. The maximum absolute atomic E-state index is 13.2. The SMILES string of the molecule is COc1ccc(CCN2CC(C(=O)N3CCC(S(=O)(=O)F)C3)CC2=O)cc1OC. The lowest BCUT2D eigenvalue weighted by Gasteiger charge is -2.21. The first-order valence-electron chi connectivity index (χ1n) is 9.44. The molecule has 0 saturated carbocycles. The number of carbonyl (C=O) groups is 2. The summed E-state index contributed by atoms with van der Waals surface area (Å²) in [6.45, 7) is 0.797. The zero-order valence-electron chi connectivity index (χ0n) is 16.5. The summed E-state index contributed by atoms with van der Waals surface area (Å²) in [5, 5.41) is -1.16. The molecular formula is C19H25FN2O6S. The number of rotatable bonds is 7. The Morgan fingerprint density at radius 2 is 1.93 bits per heavy atom. The second-order valence-electron chi connectivity index (χ2n) is 7.35. The van der Waals surface area contributed by atoms with E-state index in [1.165, 1.54) is 4.90 Å². The van der Waals surface area contributed by atoms with Crippen molar-refractivity contribution in [3.05, 3.63) is 23.8 Å². The highest BCUT2D eigenvalue weighted by Gasteiger charge is 2.41. The van der Waals surface area contributed by atoms with Crippen LogP contribution in [0, 0.1) is 5.92 Å². The molecule has 1 aromatic carbocycles. The van der Waals surface area contributed by atoms with Crippen LogP contribution in [0.1, 0.15) is 18.4 Å². The van der Waals surface area contributed by atoms with Gasteiger partial charge >= 0.3 is 10.2 Å². The van der Waals surface area contributed by atoms with Crippen molar-refractivity contribution in [3.63, 3.8) is 0 Å². The van der Waals surface area contributed by atoms with Crippen LogP contribution >= 0.6 is 0 Å². The van der Waals surface area contributed by atoms with Crippen LogP contribution in [0.15, 0.2) is 18.2 Å². The predicted molar refractivity (Wildman–Crippen MR) is 103 cm³/mol. The summed E-state index contributed by atoms with van der Waals surface area (Å²) in [5.41, 5.74) is 0.973. The molecule has 2 atom stereocenters. The van der Waals surface area contributed by atoms with Crippen molar-refractivity contribution in [3.8, 4) is 11.5 Å². The van der Waals surface area contributed by atoms with Crippen LogP contribution in [-0.4, -0.2) is 75.7 Å². The number of halogens is 1. The summed E-state index contributed by atoms with van der Waals surface area (Å²) >= 11 is 0. The van der Waals surface area contributed by atoms with E-state index in [0.717, 1.165) is 5.56 Å². The maximum atomic E-state index is 13.2.